The zero-order valence-corrected chi connectivity index (χ0v) is 17.4. The van der Waals surface area contributed by atoms with Crippen LogP contribution in [0.4, 0.5) is 0 Å². The molecule has 0 unspecified atom stereocenters. The summed E-state index contributed by atoms with van der Waals surface area (Å²) >= 11 is 0. The van der Waals surface area contributed by atoms with Crippen LogP contribution >= 0.6 is 0 Å². The lowest BCUT2D eigenvalue weighted by atomic mass is 9.92. The van der Waals surface area contributed by atoms with Gasteiger partial charge in [-0.2, -0.15) is 0 Å². The van der Waals surface area contributed by atoms with E-state index in [0.717, 1.165) is 0 Å². The standard InChI is InChI=1S/C18H35N5O4/c1-17(2,3)9-13(24)19-7-8-20-14(25)10-21-15(26)11-22-16(27)12-23-18(4,5)6/h23H,7-12H2,1-6H3,(H,19,24)(H,20,25)(H,21,26)(H,22,27). The Morgan fingerprint density at radius 2 is 1.00 bits per heavy atom. The molecule has 0 radical (unpaired) electrons. The number of carbonyl (C=O) groups is 4. The van der Waals surface area contributed by atoms with Crippen molar-refractivity contribution in [2.75, 3.05) is 32.7 Å². The van der Waals surface area contributed by atoms with Crippen LogP contribution in [0.15, 0.2) is 0 Å². The minimum Gasteiger partial charge on any atom is -0.354 e. The number of nitrogens with one attached hydrogen (secondary N) is 5. The topological polar surface area (TPSA) is 128 Å². The molecule has 0 atom stereocenters. The first-order valence-electron chi connectivity index (χ1n) is 9.10. The van der Waals surface area contributed by atoms with E-state index >= 15 is 0 Å². The summed E-state index contributed by atoms with van der Waals surface area (Å²) in [5.41, 5.74) is -0.278. The number of amides is 4. The molecule has 4 amide bonds. The Labute approximate surface area is 161 Å². The summed E-state index contributed by atoms with van der Waals surface area (Å²) in [6.07, 6.45) is 0.411. The second-order valence-corrected chi connectivity index (χ2v) is 8.59. The quantitative estimate of drug-likeness (QED) is 0.317. The molecule has 0 aromatic heterocycles. The molecular formula is C18H35N5O4. The third-order valence-electron chi connectivity index (χ3n) is 3.13. The lowest BCUT2D eigenvalue weighted by Gasteiger charge is -2.19. The summed E-state index contributed by atoms with van der Waals surface area (Å²) < 4.78 is 0. The normalized spacial score (nSPS) is 11.5. The summed E-state index contributed by atoms with van der Waals surface area (Å²) in [6.45, 7) is 12.0. The van der Waals surface area contributed by atoms with Gasteiger partial charge in [-0.05, 0) is 26.2 Å². The highest BCUT2D eigenvalue weighted by molar-refractivity contribution is 5.88. The van der Waals surface area contributed by atoms with Crippen molar-refractivity contribution >= 4 is 23.6 Å². The Balaban J connectivity index is 3.79. The fourth-order valence-corrected chi connectivity index (χ4v) is 1.84. The number of hydrogen-bond acceptors (Lipinski definition) is 5. The summed E-state index contributed by atoms with van der Waals surface area (Å²) in [6, 6.07) is 0. The van der Waals surface area contributed by atoms with Gasteiger partial charge in [0.05, 0.1) is 19.6 Å². The first kappa shape index (κ1) is 24.8. The minimum atomic E-state index is -0.451. The van der Waals surface area contributed by atoms with Crippen molar-refractivity contribution in [3.05, 3.63) is 0 Å². The fourth-order valence-electron chi connectivity index (χ4n) is 1.84. The molecular weight excluding hydrogens is 350 g/mol. The summed E-state index contributed by atoms with van der Waals surface area (Å²) in [7, 11) is 0. The molecule has 5 N–H and O–H groups in total. The SMILES string of the molecule is CC(C)(C)CC(=O)NCCNC(=O)CNC(=O)CNC(=O)CNC(C)(C)C. The second-order valence-electron chi connectivity index (χ2n) is 8.59. The van der Waals surface area contributed by atoms with Gasteiger partial charge < -0.3 is 26.6 Å². The molecule has 0 saturated carbocycles. The molecule has 0 spiro atoms. The molecule has 0 rings (SSSR count). The molecule has 156 valence electrons. The Hall–Kier alpha value is -2.16. The summed E-state index contributed by atoms with van der Waals surface area (Å²) in [5.74, 6) is -1.18. The monoisotopic (exact) mass is 385 g/mol. The van der Waals surface area contributed by atoms with Gasteiger partial charge in [0.2, 0.25) is 23.6 Å². The van der Waals surface area contributed by atoms with E-state index in [9.17, 15) is 19.2 Å². The van der Waals surface area contributed by atoms with Crippen molar-refractivity contribution in [2.24, 2.45) is 5.41 Å². The highest BCUT2D eigenvalue weighted by Crippen LogP contribution is 2.17. The van der Waals surface area contributed by atoms with Gasteiger partial charge in [-0.3, -0.25) is 19.2 Å². The average molecular weight is 386 g/mol. The van der Waals surface area contributed by atoms with Crippen LogP contribution < -0.4 is 26.6 Å². The van der Waals surface area contributed by atoms with E-state index in [0.29, 0.717) is 13.0 Å². The van der Waals surface area contributed by atoms with Gasteiger partial charge in [-0.15, -0.1) is 0 Å². The predicted molar refractivity (Wildman–Crippen MR) is 104 cm³/mol. The van der Waals surface area contributed by atoms with Gasteiger partial charge in [0.25, 0.3) is 0 Å². The molecule has 9 heteroatoms. The molecule has 0 aromatic rings. The fraction of sp³-hybridized carbons (Fsp3) is 0.778. The van der Waals surface area contributed by atoms with E-state index < -0.39 is 5.91 Å². The highest BCUT2D eigenvalue weighted by atomic mass is 16.2. The van der Waals surface area contributed by atoms with Gasteiger partial charge in [-0.1, -0.05) is 20.8 Å². The van der Waals surface area contributed by atoms with Crippen LogP contribution in [-0.2, 0) is 19.2 Å². The third-order valence-corrected chi connectivity index (χ3v) is 3.13. The Morgan fingerprint density at radius 3 is 1.44 bits per heavy atom. The molecule has 0 fully saturated rings. The number of hydrogen-bond donors (Lipinski definition) is 5. The zero-order chi connectivity index (χ0) is 21.1. The zero-order valence-electron chi connectivity index (χ0n) is 17.4. The molecule has 0 bridgehead atoms. The largest absolute Gasteiger partial charge is 0.354 e. The van der Waals surface area contributed by atoms with Gasteiger partial charge in [0.1, 0.15) is 0 Å². The van der Waals surface area contributed by atoms with E-state index in [1.807, 2.05) is 41.5 Å². The van der Waals surface area contributed by atoms with Crippen molar-refractivity contribution in [3.8, 4) is 0 Å². The van der Waals surface area contributed by atoms with Crippen molar-refractivity contribution in [2.45, 2.75) is 53.5 Å². The van der Waals surface area contributed by atoms with Crippen LogP contribution in [0, 0.1) is 5.41 Å². The van der Waals surface area contributed by atoms with Crippen LogP contribution in [0.25, 0.3) is 0 Å². The number of carbonyl (C=O) groups excluding carboxylic acids is 4. The van der Waals surface area contributed by atoms with E-state index in [1.54, 1.807) is 0 Å². The van der Waals surface area contributed by atoms with Crippen molar-refractivity contribution in [1.29, 1.82) is 0 Å². The smallest absolute Gasteiger partial charge is 0.239 e. The van der Waals surface area contributed by atoms with Gasteiger partial charge in [0.15, 0.2) is 0 Å². The van der Waals surface area contributed by atoms with E-state index in [1.165, 1.54) is 0 Å². The molecule has 0 aliphatic carbocycles. The maximum absolute atomic E-state index is 11.6. The van der Waals surface area contributed by atoms with Crippen LogP contribution in [0.1, 0.15) is 48.0 Å². The Morgan fingerprint density at radius 1 is 0.593 bits per heavy atom. The van der Waals surface area contributed by atoms with E-state index in [-0.39, 0.29) is 54.9 Å². The maximum atomic E-state index is 11.6. The molecule has 0 aromatic carbocycles. The van der Waals surface area contributed by atoms with Crippen molar-refractivity contribution in [3.63, 3.8) is 0 Å². The lowest BCUT2D eigenvalue weighted by molar-refractivity contribution is -0.127. The van der Waals surface area contributed by atoms with Gasteiger partial charge >= 0.3 is 0 Å². The summed E-state index contributed by atoms with van der Waals surface area (Å²) in [5, 5.41) is 13.2. The van der Waals surface area contributed by atoms with Crippen molar-refractivity contribution < 1.29 is 19.2 Å². The lowest BCUT2D eigenvalue weighted by Crippen LogP contribution is -2.47. The second kappa shape index (κ2) is 11.5. The van der Waals surface area contributed by atoms with Crippen LogP contribution in [0.2, 0.25) is 0 Å². The van der Waals surface area contributed by atoms with E-state index in [2.05, 4.69) is 26.6 Å². The first-order valence-corrected chi connectivity index (χ1v) is 9.10. The molecule has 9 nitrogen and oxygen atoms in total. The van der Waals surface area contributed by atoms with Crippen molar-refractivity contribution in [1.82, 2.24) is 26.6 Å². The first-order chi connectivity index (χ1) is 12.3. The summed E-state index contributed by atoms with van der Waals surface area (Å²) in [4.78, 5) is 46.5. The van der Waals surface area contributed by atoms with Gasteiger partial charge in [-0.25, -0.2) is 0 Å². The van der Waals surface area contributed by atoms with Crippen LogP contribution in [0.5, 0.6) is 0 Å². The molecule has 0 saturated heterocycles. The Kier molecular flexibility index (Phi) is 10.6. The minimum absolute atomic E-state index is 0.0678. The molecule has 27 heavy (non-hydrogen) atoms. The molecule has 0 aliphatic heterocycles. The average Bonchev–Trinajstić information content (AvgIpc) is 2.50. The Bertz CT molecular complexity index is 521. The highest BCUT2D eigenvalue weighted by Gasteiger charge is 2.15. The predicted octanol–water partition coefficient (Wildman–Crippen LogP) is -0.724. The number of rotatable bonds is 10. The molecule has 0 heterocycles. The van der Waals surface area contributed by atoms with Crippen LogP contribution in [0.3, 0.4) is 0 Å². The maximum Gasteiger partial charge on any atom is 0.239 e. The van der Waals surface area contributed by atoms with Crippen LogP contribution in [-0.4, -0.2) is 61.9 Å². The molecule has 0 aliphatic rings. The van der Waals surface area contributed by atoms with Gasteiger partial charge in [0, 0.05) is 25.0 Å². The van der Waals surface area contributed by atoms with E-state index in [4.69, 9.17) is 0 Å². The third kappa shape index (κ3) is 17.0.